The van der Waals surface area contributed by atoms with E-state index in [1.165, 1.54) is 5.56 Å². The average Bonchev–Trinajstić information content (AvgIpc) is 2.82. The Balaban J connectivity index is 1.43. The van der Waals surface area contributed by atoms with E-state index in [0.717, 1.165) is 11.8 Å². The van der Waals surface area contributed by atoms with Crippen molar-refractivity contribution in [1.29, 1.82) is 0 Å². The minimum absolute atomic E-state index is 0.106. The summed E-state index contributed by atoms with van der Waals surface area (Å²) in [6.07, 6.45) is 1.07. The molecular weight excluding hydrogens is 402 g/mol. The highest BCUT2D eigenvalue weighted by molar-refractivity contribution is 5.92. The number of anilines is 1. The van der Waals surface area contributed by atoms with Crippen molar-refractivity contribution in [3.05, 3.63) is 94.8 Å². The van der Waals surface area contributed by atoms with E-state index in [-0.39, 0.29) is 12.5 Å². The summed E-state index contributed by atoms with van der Waals surface area (Å²) in [5, 5.41) is 3.66. The van der Waals surface area contributed by atoms with Crippen LogP contribution in [-0.4, -0.2) is 12.5 Å². The second-order valence-corrected chi connectivity index (χ2v) is 7.78. The van der Waals surface area contributed by atoms with Crippen molar-refractivity contribution in [1.82, 2.24) is 0 Å². The first-order valence-electron chi connectivity index (χ1n) is 10.7. The number of para-hydroxylation sites is 1. The molecule has 0 aliphatic heterocycles. The molecule has 32 heavy (non-hydrogen) atoms. The van der Waals surface area contributed by atoms with Gasteiger partial charge in [-0.15, -0.1) is 0 Å². The van der Waals surface area contributed by atoms with Gasteiger partial charge in [0.15, 0.2) is 6.61 Å². The fourth-order valence-electron chi connectivity index (χ4n) is 3.50. The van der Waals surface area contributed by atoms with Gasteiger partial charge in [-0.2, -0.15) is 0 Å². The van der Waals surface area contributed by atoms with E-state index in [2.05, 4.69) is 19.2 Å². The molecule has 0 aliphatic carbocycles. The minimum Gasteiger partial charge on any atom is -0.484 e. The molecule has 0 saturated carbocycles. The van der Waals surface area contributed by atoms with Crippen molar-refractivity contribution in [3.63, 3.8) is 0 Å². The van der Waals surface area contributed by atoms with Gasteiger partial charge in [0.25, 0.3) is 5.91 Å². The lowest BCUT2D eigenvalue weighted by Gasteiger charge is -2.11. The Hall–Kier alpha value is -3.86. The molecule has 4 aromatic rings. The van der Waals surface area contributed by atoms with Gasteiger partial charge in [0.1, 0.15) is 11.3 Å². The van der Waals surface area contributed by atoms with Crippen LogP contribution in [0.2, 0.25) is 0 Å². The lowest BCUT2D eigenvalue weighted by molar-refractivity contribution is -0.118. The highest BCUT2D eigenvalue weighted by atomic mass is 16.5. The summed E-state index contributed by atoms with van der Waals surface area (Å²) in [5.41, 5.74) is 3.06. The number of amides is 1. The third kappa shape index (κ3) is 4.89. The molecule has 1 heterocycles. The molecule has 0 fully saturated rings. The number of nitrogens with one attached hydrogen (secondary N) is 1. The van der Waals surface area contributed by atoms with E-state index in [9.17, 15) is 9.59 Å². The van der Waals surface area contributed by atoms with Crippen LogP contribution in [0.15, 0.2) is 88.1 Å². The lowest BCUT2D eigenvalue weighted by atomic mass is 9.99. The predicted octanol–water partition coefficient (Wildman–Crippen LogP) is 5.99. The van der Waals surface area contributed by atoms with E-state index in [4.69, 9.17) is 9.15 Å². The van der Waals surface area contributed by atoms with Gasteiger partial charge in [-0.25, -0.2) is 4.79 Å². The van der Waals surface area contributed by atoms with Crippen molar-refractivity contribution in [3.8, 4) is 16.9 Å². The maximum Gasteiger partial charge on any atom is 0.344 e. The third-order valence-electron chi connectivity index (χ3n) is 5.53. The molecule has 1 N–H and O–H groups in total. The molecule has 5 nitrogen and oxygen atoms in total. The summed E-state index contributed by atoms with van der Waals surface area (Å²) in [6.45, 7) is 4.23. The van der Waals surface area contributed by atoms with Crippen LogP contribution in [0.25, 0.3) is 22.1 Å². The second-order valence-electron chi connectivity index (χ2n) is 7.78. The molecule has 0 radical (unpaired) electrons. The third-order valence-corrected chi connectivity index (χ3v) is 5.53. The first kappa shape index (κ1) is 21.4. The quantitative estimate of drug-likeness (QED) is 0.368. The predicted molar refractivity (Wildman–Crippen MR) is 127 cm³/mol. The van der Waals surface area contributed by atoms with Gasteiger partial charge in [0.2, 0.25) is 0 Å². The summed E-state index contributed by atoms with van der Waals surface area (Å²) in [6, 6.07) is 24.1. The zero-order valence-electron chi connectivity index (χ0n) is 18.1. The summed E-state index contributed by atoms with van der Waals surface area (Å²) < 4.78 is 11.0. The highest BCUT2D eigenvalue weighted by Gasteiger charge is 2.10. The fourth-order valence-corrected chi connectivity index (χ4v) is 3.50. The number of carbonyl (C=O) groups excluding carboxylic acids is 1. The van der Waals surface area contributed by atoms with E-state index in [0.29, 0.717) is 34.1 Å². The molecule has 4 rings (SSSR count). The van der Waals surface area contributed by atoms with Crippen molar-refractivity contribution >= 4 is 22.6 Å². The average molecular weight is 428 g/mol. The Kier molecular flexibility index (Phi) is 6.36. The van der Waals surface area contributed by atoms with Crippen LogP contribution in [0.3, 0.4) is 0 Å². The SMILES string of the molecule is CC[C@H](C)c1ccc(OCC(=O)Nc2cccc(-c3cc4ccccc4oc3=O)c2)cc1. The first-order chi connectivity index (χ1) is 15.5. The van der Waals surface area contributed by atoms with E-state index in [1.807, 2.05) is 48.5 Å². The van der Waals surface area contributed by atoms with Crippen LogP contribution in [0.5, 0.6) is 5.75 Å². The Morgan fingerprint density at radius 3 is 2.56 bits per heavy atom. The van der Waals surface area contributed by atoms with E-state index in [1.54, 1.807) is 30.3 Å². The van der Waals surface area contributed by atoms with Crippen molar-refractivity contribution in [2.45, 2.75) is 26.2 Å². The maximum atomic E-state index is 12.4. The maximum absolute atomic E-state index is 12.4. The number of benzene rings is 3. The van der Waals surface area contributed by atoms with Crippen molar-refractivity contribution in [2.24, 2.45) is 0 Å². The largest absolute Gasteiger partial charge is 0.484 e. The summed E-state index contributed by atoms with van der Waals surface area (Å²) in [4.78, 5) is 24.8. The van der Waals surface area contributed by atoms with Gasteiger partial charge in [-0.1, -0.05) is 56.3 Å². The Labute approximate surface area is 186 Å². The zero-order chi connectivity index (χ0) is 22.5. The summed E-state index contributed by atoms with van der Waals surface area (Å²) in [7, 11) is 0. The van der Waals surface area contributed by atoms with Gasteiger partial charge >= 0.3 is 5.63 Å². The molecule has 3 aromatic carbocycles. The van der Waals surface area contributed by atoms with Gasteiger partial charge in [0, 0.05) is 11.1 Å². The van der Waals surface area contributed by atoms with Crippen LogP contribution in [0.1, 0.15) is 31.7 Å². The van der Waals surface area contributed by atoms with Crippen LogP contribution < -0.4 is 15.7 Å². The normalized spacial score (nSPS) is 11.8. The van der Waals surface area contributed by atoms with Crippen LogP contribution in [0.4, 0.5) is 5.69 Å². The van der Waals surface area contributed by atoms with Crippen LogP contribution in [-0.2, 0) is 4.79 Å². The standard InChI is InChI=1S/C27H25NO4/c1-3-18(2)19-11-13-23(14-12-19)31-17-26(29)28-22-9-6-8-20(15-22)24-16-21-7-4-5-10-25(21)32-27(24)30/h4-16,18H,3,17H2,1-2H3,(H,28,29)/t18-/m0/s1. The Morgan fingerprint density at radius 2 is 1.78 bits per heavy atom. The molecular formula is C27H25NO4. The number of ether oxygens (including phenoxy) is 1. The van der Waals surface area contributed by atoms with E-state index >= 15 is 0 Å². The molecule has 0 saturated heterocycles. The highest BCUT2D eigenvalue weighted by Crippen LogP contribution is 2.24. The van der Waals surface area contributed by atoms with Crippen molar-refractivity contribution < 1.29 is 13.9 Å². The molecule has 0 unspecified atom stereocenters. The molecule has 162 valence electrons. The minimum atomic E-state index is -0.420. The molecule has 0 aliphatic rings. The fraction of sp³-hybridized carbons (Fsp3) is 0.185. The number of rotatable bonds is 7. The number of carbonyl (C=O) groups is 1. The summed E-state index contributed by atoms with van der Waals surface area (Å²) in [5.74, 6) is 0.859. The Bertz CT molecular complexity index is 1290. The number of hydrogen-bond acceptors (Lipinski definition) is 4. The molecule has 5 heteroatoms. The monoisotopic (exact) mass is 427 g/mol. The topological polar surface area (TPSA) is 68.5 Å². The van der Waals surface area contributed by atoms with Crippen LogP contribution in [0, 0.1) is 0 Å². The molecule has 0 spiro atoms. The molecule has 0 bridgehead atoms. The second kappa shape index (κ2) is 9.52. The van der Waals surface area contributed by atoms with Gasteiger partial charge in [-0.3, -0.25) is 4.79 Å². The number of fused-ring (bicyclic) bond motifs is 1. The zero-order valence-corrected chi connectivity index (χ0v) is 18.1. The number of hydrogen-bond donors (Lipinski definition) is 1. The smallest absolute Gasteiger partial charge is 0.344 e. The Morgan fingerprint density at radius 1 is 1.00 bits per heavy atom. The molecule has 1 aromatic heterocycles. The lowest BCUT2D eigenvalue weighted by Crippen LogP contribution is -2.20. The molecule has 1 atom stereocenters. The van der Waals surface area contributed by atoms with E-state index < -0.39 is 5.63 Å². The van der Waals surface area contributed by atoms with Gasteiger partial charge in [-0.05, 0) is 59.9 Å². The first-order valence-corrected chi connectivity index (χ1v) is 10.7. The van der Waals surface area contributed by atoms with Crippen molar-refractivity contribution in [2.75, 3.05) is 11.9 Å². The summed E-state index contributed by atoms with van der Waals surface area (Å²) >= 11 is 0. The van der Waals surface area contributed by atoms with Gasteiger partial charge < -0.3 is 14.5 Å². The molecule has 1 amide bonds. The van der Waals surface area contributed by atoms with Crippen LogP contribution >= 0.6 is 0 Å². The van der Waals surface area contributed by atoms with Gasteiger partial charge in [0.05, 0.1) is 5.56 Å².